The summed E-state index contributed by atoms with van der Waals surface area (Å²) in [5.74, 6) is 0.247. The van der Waals surface area contributed by atoms with E-state index >= 15 is 0 Å². The average Bonchev–Trinajstić information content (AvgIpc) is 2.35. The summed E-state index contributed by atoms with van der Waals surface area (Å²) in [6, 6.07) is 7.96. The summed E-state index contributed by atoms with van der Waals surface area (Å²) in [5, 5.41) is 0. The first-order valence-electron chi connectivity index (χ1n) is 5.39. The lowest BCUT2D eigenvalue weighted by Gasteiger charge is -2.09. The van der Waals surface area contributed by atoms with Gasteiger partial charge in [0.15, 0.2) is 5.82 Å². The second-order valence-corrected chi connectivity index (χ2v) is 6.49. The van der Waals surface area contributed by atoms with Crippen molar-refractivity contribution in [3.63, 3.8) is 0 Å². The number of nitrogens with zero attached hydrogens (tertiary/aromatic N) is 1. The molecule has 0 spiro atoms. The van der Waals surface area contributed by atoms with E-state index in [1.54, 1.807) is 25.1 Å². The highest BCUT2D eigenvalue weighted by molar-refractivity contribution is 9.10. The summed E-state index contributed by atoms with van der Waals surface area (Å²) in [5.41, 5.74) is 6.94. The van der Waals surface area contributed by atoms with Gasteiger partial charge in [-0.2, -0.15) is 0 Å². The number of anilines is 2. The predicted octanol–water partition coefficient (Wildman–Crippen LogP) is 2.54. The molecule has 0 saturated carbocycles. The van der Waals surface area contributed by atoms with E-state index in [0.717, 1.165) is 0 Å². The maximum atomic E-state index is 12.2. The van der Waals surface area contributed by atoms with Crippen molar-refractivity contribution in [3.8, 4) is 0 Å². The summed E-state index contributed by atoms with van der Waals surface area (Å²) in [4.78, 5) is 4.12. The average molecular weight is 342 g/mol. The molecule has 100 valence electrons. The molecule has 0 atom stereocenters. The van der Waals surface area contributed by atoms with Crippen LogP contribution in [0.3, 0.4) is 0 Å². The first-order valence-corrected chi connectivity index (χ1v) is 7.67. The molecule has 0 aliphatic heterocycles. The number of pyridine rings is 1. The largest absolute Gasteiger partial charge is 0.399 e. The molecule has 0 fully saturated rings. The highest BCUT2D eigenvalue weighted by atomic mass is 79.9. The highest BCUT2D eigenvalue weighted by Gasteiger charge is 2.16. The number of sulfonamides is 1. The summed E-state index contributed by atoms with van der Waals surface area (Å²) < 4.78 is 27.4. The molecule has 3 N–H and O–H groups in total. The van der Waals surface area contributed by atoms with Gasteiger partial charge in [-0.15, -0.1) is 0 Å². The normalized spacial score (nSPS) is 11.3. The second-order valence-electron chi connectivity index (χ2n) is 3.96. The smallest absolute Gasteiger partial charge is 0.263 e. The van der Waals surface area contributed by atoms with Gasteiger partial charge in [0.1, 0.15) is 0 Å². The molecule has 0 bridgehead atoms. The Morgan fingerprint density at radius 2 is 2.05 bits per heavy atom. The van der Waals surface area contributed by atoms with E-state index in [4.69, 9.17) is 5.73 Å². The van der Waals surface area contributed by atoms with Gasteiger partial charge in [-0.05, 0) is 58.7 Å². The second kappa shape index (κ2) is 5.18. The van der Waals surface area contributed by atoms with Crippen molar-refractivity contribution in [2.75, 3.05) is 10.5 Å². The van der Waals surface area contributed by atoms with Gasteiger partial charge >= 0.3 is 0 Å². The number of rotatable bonds is 3. The third-order valence-corrected chi connectivity index (χ3v) is 4.52. The predicted molar refractivity (Wildman–Crippen MR) is 78.3 cm³/mol. The van der Waals surface area contributed by atoms with Gasteiger partial charge in [-0.25, -0.2) is 13.4 Å². The van der Waals surface area contributed by atoms with Crippen molar-refractivity contribution in [3.05, 3.63) is 46.6 Å². The summed E-state index contributed by atoms with van der Waals surface area (Å²) >= 11 is 3.24. The van der Waals surface area contributed by atoms with Gasteiger partial charge in [0.2, 0.25) is 0 Å². The number of aryl methyl sites for hydroxylation is 1. The van der Waals surface area contributed by atoms with Crippen molar-refractivity contribution in [1.82, 2.24) is 4.98 Å². The van der Waals surface area contributed by atoms with Crippen LogP contribution in [-0.4, -0.2) is 13.4 Å². The molecule has 0 amide bonds. The topological polar surface area (TPSA) is 85.1 Å². The Balaban J connectivity index is 2.38. The molecule has 0 aliphatic carbocycles. The minimum absolute atomic E-state index is 0.150. The number of hydrogen-bond donors (Lipinski definition) is 2. The van der Waals surface area contributed by atoms with E-state index in [1.165, 1.54) is 18.3 Å². The third kappa shape index (κ3) is 3.05. The van der Waals surface area contributed by atoms with Gasteiger partial charge in [0, 0.05) is 11.9 Å². The van der Waals surface area contributed by atoms with Crippen molar-refractivity contribution in [2.45, 2.75) is 11.8 Å². The van der Waals surface area contributed by atoms with E-state index in [0.29, 0.717) is 15.7 Å². The van der Waals surface area contributed by atoms with E-state index in [9.17, 15) is 8.42 Å². The zero-order valence-electron chi connectivity index (χ0n) is 10.1. The van der Waals surface area contributed by atoms with Crippen molar-refractivity contribution in [1.29, 1.82) is 0 Å². The SMILES string of the molecule is Cc1cc(S(=O)(=O)Nc2ncccc2Br)ccc1N. The number of aromatic nitrogens is 1. The van der Waals surface area contributed by atoms with Crippen LogP contribution < -0.4 is 10.5 Å². The van der Waals surface area contributed by atoms with Gasteiger partial charge in [0.05, 0.1) is 9.37 Å². The zero-order valence-corrected chi connectivity index (χ0v) is 12.5. The molecule has 2 aromatic rings. The van der Waals surface area contributed by atoms with Crippen LogP contribution in [0.2, 0.25) is 0 Å². The van der Waals surface area contributed by atoms with Crippen LogP contribution in [0.25, 0.3) is 0 Å². The van der Waals surface area contributed by atoms with Gasteiger partial charge in [-0.3, -0.25) is 4.72 Å². The molecule has 0 radical (unpaired) electrons. The number of nitrogens with two attached hydrogens (primary N) is 1. The quantitative estimate of drug-likeness (QED) is 0.840. The molecule has 0 saturated heterocycles. The first-order chi connectivity index (χ1) is 8.90. The molecule has 1 aromatic carbocycles. The number of nitrogen functional groups attached to an aromatic ring is 1. The van der Waals surface area contributed by atoms with Crippen molar-refractivity contribution in [2.24, 2.45) is 0 Å². The lowest BCUT2D eigenvalue weighted by atomic mass is 10.2. The fraction of sp³-hybridized carbons (Fsp3) is 0.0833. The Kier molecular flexibility index (Phi) is 3.77. The van der Waals surface area contributed by atoms with Crippen LogP contribution >= 0.6 is 15.9 Å². The van der Waals surface area contributed by atoms with Crippen LogP contribution in [0.4, 0.5) is 11.5 Å². The Morgan fingerprint density at radius 3 is 2.68 bits per heavy atom. The molecule has 0 unspecified atom stereocenters. The van der Waals surface area contributed by atoms with Crippen LogP contribution in [-0.2, 0) is 10.0 Å². The van der Waals surface area contributed by atoms with E-state index < -0.39 is 10.0 Å². The summed E-state index contributed by atoms with van der Waals surface area (Å²) in [6.07, 6.45) is 1.51. The standard InChI is InChI=1S/C12H12BrN3O2S/c1-8-7-9(4-5-11(8)14)19(17,18)16-12-10(13)3-2-6-15-12/h2-7H,14H2,1H3,(H,15,16). The van der Waals surface area contributed by atoms with Gasteiger partial charge in [0.25, 0.3) is 10.0 Å². The zero-order chi connectivity index (χ0) is 14.0. The van der Waals surface area contributed by atoms with Crippen molar-refractivity contribution < 1.29 is 8.42 Å². The molecular formula is C12H12BrN3O2S. The van der Waals surface area contributed by atoms with Gasteiger partial charge in [-0.1, -0.05) is 0 Å². The Bertz CT molecular complexity index is 717. The maximum absolute atomic E-state index is 12.2. The molecule has 1 heterocycles. The Labute approximate surface area is 120 Å². The minimum Gasteiger partial charge on any atom is -0.399 e. The fourth-order valence-electron chi connectivity index (χ4n) is 1.46. The molecular weight excluding hydrogens is 330 g/mol. The number of benzene rings is 1. The van der Waals surface area contributed by atoms with E-state index in [-0.39, 0.29) is 10.7 Å². The fourth-order valence-corrected chi connectivity index (χ4v) is 3.06. The molecule has 7 heteroatoms. The number of hydrogen-bond acceptors (Lipinski definition) is 4. The van der Waals surface area contributed by atoms with Gasteiger partial charge < -0.3 is 5.73 Å². The molecule has 1 aromatic heterocycles. The van der Waals surface area contributed by atoms with E-state index in [1.807, 2.05) is 0 Å². The lowest BCUT2D eigenvalue weighted by Crippen LogP contribution is -2.14. The molecule has 19 heavy (non-hydrogen) atoms. The Morgan fingerprint density at radius 1 is 1.32 bits per heavy atom. The lowest BCUT2D eigenvalue weighted by molar-refractivity contribution is 0.601. The highest BCUT2D eigenvalue weighted by Crippen LogP contribution is 2.23. The van der Waals surface area contributed by atoms with Crippen LogP contribution in [0.1, 0.15) is 5.56 Å². The summed E-state index contributed by atoms with van der Waals surface area (Å²) in [6.45, 7) is 1.75. The van der Waals surface area contributed by atoms with Crippen LogP contribution in [0, 0.1) is 6.92 Å². The maximum Gasteiger partial charge on any atom is 0.263 e. The molecule has 5 nitrogen and oxygen atoms in total. The number of nitrogens with one attached hydrogen (secondary N) is 1. The minimum atomic E-state index is -3.67. The van der Waals surface area contributed by atoms with E-state index in [2.05, 4.69) is 25.6 Å². The monoisotopic (exact) mass is 341 g/mol. The third-order valence-electron chi connectivity index (χ3n) is 2.54. The molecule has 0 aliphatic rings. The van der Waals surface area contributed by atoms with Crippen LogP contribution in [0.15, 0.2) is 45.9 Å². The first kappa shape index (κ1) is 13.8. The summed E-state index contributed by atoms with van der Waals surface area (Å²) in [7, 11) is -3.67. The Hall–Kier alpha value is -1.60. The van der Waals surface area contributed by atoms with Crippen molar-refractivity contribution >= 4 is 37.5 Å². The van der Waals surface area contributed by atoms with Crippen LogP contribution in [0.5, 0.6) is 0 Å². The number of halogens is 1. The molecule has 2 rings (SSSR count).